The lowest BCUT2D eigenvalue weighted by Gasteiger charge is -2.37. The first-order valence-electron chi connectivity index (χ1n) is 7.43. The summed E-state index contributed by atoms with van der Waals surface area (Å²) in [6, 6.07) is 2.57. The maximum Gasteiger partial charge on any atom is 0.264 e. The Morgan fingerprint density at radius 2 is 2.16 bits per heavy atom. The minimum atomic E-state index is 0.243. The highest BCUT2D eigenvalue weighted by atomic mass is 32.1. The number of nitrogens with zero attached hydrogens (tertiary/aromatic N) is 1. The zero-order valence-electron chi connectivity index (χ0n) is 11.6. The number of hydrogen-bond acceptors (Lipinski definition) is 3. The molecule has 1 aliphatic carbocycles. The molecule has 1 N–H and O–H groups in total. The molecule has 0 saturated carbocycles. The number of fused-ring (bicyclic) bond motifs is 1. The summed E-state index contributed by atoms with van der Waals surface area (Å²) in [6.45, 7) is 4.79. The molecule has 0 aromatic carbocycles. The van der Waals surface area contributed by atoms with E-state index in [4.69, 9.17) is 0 Å². The normalized spacial score (nSPS) is 19.4. The molecule has 1 fully saturated rings. The molecule has 1 aromatic rings. The van der Waals surface area contributed by atoms with Crippen molar-refractivity contribution < 1.29 is 4.79 Å². The van der Waals surface area contributed by atoms with Gasteiger partial charge in [0.15, 0.2) is 0 Å². The van der Waals surface area contributed by atoms with Gasteiger partial charge in [0.1, 0.15) is 0 Å². The molecule has 2 heterocycles. The Kier molecular flexibility index (Phi) is 3.89. The Morgan fingerprint density at radius 3 is 2.84 bits per heavy atom. The van der Waals surface area contributed by atoms with Gasteiger partial charge in [-0.1, -0.05) is 6.42 Å². The van der Waals surface area contributed by atoms with Gasteiger partial charge in [-0.15, -0.1) is 11.3 Å². The first-order chi connectivity index (χ1) is 9.29. The van der Waals surface area contributed by atoms with Gasteiger partial charge in [0.2, 0.25) is 0 Å². The summed E-state index contributed by atoms with van der Waals surface area (Å²) >= 11 is 1.74. The second-order valence-corrected chi connectivity index (χ2v) is 6.66. The summed E-state index contributed by atoms with van der Waals surface area (Å²) in [7, 11) is 0. The van der Waals surface area contributed by atoms with Gasteiger partial charge in [0, 0.05) is 24.5 Å². The van der Waals surface area contributed by atoms with E-state index in [1.54, 1.807) is 11.3 Å². The van der Waals surface area contributed by atoms with Crippen LogP contribution < -0.4 is 5.32 Å². The molecule has 3 rings (SSSR count). The number of nitrogens with one attached hydrogen (secondary N) is 1. The van der Waals surface area contributed by atoms with E-state index >= 15 is 0 Å². The predicted octanol–water partition coefficient (Wildman–Crippen LogP) is 2.45. The van der Waals surface area contributed by atoms with Gasteiger partial charge >= 0.3 is 0 Å². The van der Waals surface area contributed by atoms with Crippen LogP contribution >= 0.6 is 11.3 Å². The van der Waals surface area contributed by atoms with Crippen LogP contribution in [-0.4, -0.2) is 36.5 Å². The highest BCUT2D eigenvalue weighted by Crippen LogP contribution is 2.30. The summed E-state index contributed by atoms with van der Waals surface area (Å²) < 4.78 is 0. The monoisotopic (exact) mass is 278 g/mol. The van der Waals surface area contributed by atoms with Crippen molar-refractivity contribution in [3.63, 3.8) is 0 Å². The van der Waals surface area contributed by atoms with E-state index in [1.165, 1.54) is 36.1 Å². The Labute approximate surface area is 119 Å². The number of hydrogen-bond donors (Lipinski definition) is 1. The Balaban J connectivity index is 1.79. The molecule has 19 heavy (non-hydrogen) atoms. The van der Waals surface area contributed by atoms with Crippen molar-refractivity contribution in [1.82, 2.24) is 10.2 Å². The van der Waals surface area contributed by atoms with Gasteiger partial charge < -0.3 is 10.2 Å². The van der Waals surface area contributed by atoms with E-state index in [1.807, 2.05) is 4.90 Å². The smallest absolute Gasteiger partial charge is 0.264 e. The fraction of sp³-hybridized carbons (Fsp3) is 0.667. The molecule has 4 heteroatoms. The molecule has 3 nitrogen and oxygen atoms in total. The Morgan fingerprint density at radius 1 is 1.37 bits per heavy atom. The van der Waals surface area contributed by atoms with Gasteiger partial charge in [-0.3, -0.25) is 4.79 Å². The second kappa shape index (κ2) is 5.63. The van der Waals surface area contributed by atoms with Crippen LogP contribution in [0.1, 0.15) is 46.3 Å². The van der Waals surface area contributed by atoms with Gasteiger partial charge in [-0.05, 0) is 44.2 Å². The van der Waals surface area contributed by atoms with Crippen LogP contribution in [0.2, 0.25) is 0 Å². The van der Waals surface area contributed by atoms with Crippen molar-refractivity contribution in [2.24, 2.45) is 0 Å². The average Bonchev–Trinajstić information content (AvgIpc) is 2.64. The van der Waals surface area contributed by atoms with Crippen molar-refractivity contribution in [2.45, 2.75) is 45.1 Å². The third-order valence-corrected chi connectivity index (χ3v) is 5.48. The number of thiophene rings is 1. The Bertz CT molecular complexity index is 441. The summed E-state index contributed by atoms with van der Waals surface area (Å²) in [4.78, 5) is 17.1. The minimum absolute atomic E-state index is 0.243. The first kappa shape index (κ1) is 13.1. The van der Waals surface area contributed by atoms with Crippen LogP contribution in [0.25, 0.3) is 0 Å². The standard InChI is InChI=1S/C15H22N2OS/c1-2-17(12-9-16-10-12)15(18)14-8-11-6-4-3-5-7-13(11)19-14/h8,12,16H,2-7,9-10H2,1H3. The van der Waals surface area contributed by atoms with Crippen molar-refractivity contribution in [3.8, 4) is 0 Å². The van der Waals surface area contributed by atoms with Crippen LogP contribution in [0.5, 0.6) is 0 Å². The summed E-state index contributed by atoms with van der Waals surface area (Å²) in [6.07, 6.45) is 6.23. The lowest BCUT2D eigenvalue weighted by atomic mass is 10.1. The molecule has 1 saturated heterocycles. The van der Waals surface area contributed by atoms with E-state index in [-0.39, 0.29) is 5.91 Å². The SMILES string of the molecule is CCN(C(=O)c1cc2c(s1)CCCCC2)C1CNC1. The van der Waals surface area contributed by atoms with E-state index in [2.05, 4.69) is 18.3 Å². The number of rotatable bonds is 3. The van der Waals surface area contributed by atoms with Gasteiger partial charge in [-0.25, -0.2) is 0 Å². The van der Waals surface area contributed by atoms with Crippen LogP contribution in [0.3, 0.4) is 0 Å². The van der Waals surface area contributed by atoms with E-state index in [0.717, 1.165) is 30.9 Å². The van der Waals surface area contributed by atoms with Crippen LogP contribution in [-0.2, 0) is 12.8 Å². The number of likely N-dealkylation sites (N-methyl/N-ethyl adjacent to an activating group) is 1. The van der Waals surface area contributed by atoms with Gasteiger partial charge in [0.25, 0.3) is 5.91 Å². The molecule has 0 bridgehead atoms. The zero-order valence-corrected chi connectivity index (χ0v) is 12.4. The topological polar surface area (TPSA) is 32.3 Å². The average molecular weight is 278 g/mol. The number of aryl methyl sites for hydroxylation is 2. The molecule has 0 unspecified atom stereocenters. The highest BCUT2D eigenvalue weighted by Gasteiger charge is 2.29. The lowest BCUT2D eigenvalue weighted by Crippen LogP contribution is -2.58. The molecule has 1 aromatic heterocycles. The highest BCUT2D eigenvalue weighted by molar-refractivity contribution is 7.14. The fourth-order valence-electron chi connectivity index (χ4n) is 2.98. The van der Waals surface area contributed by atoms with Gasteiger partial charge in [-0.2, -0.15) is 0 Å². The maximum absolute atomic E-state index is 12.6. The van der Waals surface area contributed by atoms with Crippen molar-refractivity contribution >= 4 is 17.2 Å². The van der Waals surface area contributed by atoms with Crippen LogP contribution in [0, 0.1) is 0 Å². The maximum atomic E-state index is 12.6. The minimum Gasteiger partial charge on any atom is -0.333 e. The third-order valence-electron chi connectivity index (χ3n) is 4.26. The van der Waals surface area contributed by atoms with Crippen molar-refractivity contribution in [3.05, 3.63) is 21.4 Å². The van der Waals surface area contributed by atoms with E-state index < -0.39 is 0 Å². The molecule has 0 atom stereocenters. The van der Waals surface area contributed by atoms with Crippen LogP contribution in [0.15, 0.2) is 6.07 Å². The van der Waals surface area contributed by atoms with Crippen LogP contribution in [0.4, 0.5) is 0 Å². The predicted molar refractivity (Wildman–Crippen MR) is 78.9 cm³/mol. The number of carbonyl (C=O) groups excluding carboxylic acids is 1. The number of amides is 1. The lowest BCUT2D eigenvalue weighted by molar-refractivity contribution is 0.0635. The third kappa shape index (κ3) is 2.56. The quantitative estimate of drug-likeness (QED) is 0.861. The molecule has 0 spiro atoms. The molecular formula is C15H22N2OS. The molecule has 104 valence electrons. The molecular weight excluding hydrogens is 256 g/mol. The first-order valence-corrected chi connectivity index (χ1v) is 8.24. The molecule has 0 radical (unpaired) electrons. The summed E-state index contributed by atoms with van der Waals surface area (Å²) in [5, 5.41) is 3.25. The van der Waals surface area contributed by atoms with E-state index in [0.29, 0.717) is 6.04 Å². The largest absolute Gasteiger partial charge is 0.333 e. The molecule has 2 aliphatic rings. The second-order valence-electron chi connectivity index (χ2n) is 5.52. The summed E-state index contributed by atoms with van der Waals surface area (Å²) in [5.41, 5.74) is 1.44. The molecule has 1 aliphatic heterocycles. The van der Waals surface area contributed by atoms with Crippen molar-refractivity contribution in [2.75, 3.05) is 19.6 Å². The Hall–Kier alpha value is -0.870. The van der Waals surface area contributed by atoms with Crippen molar-refractivity contribution in [1.29, 1.82) is 0 Å². The zero-order chi connectivity index (χ0) is 13.2. The number of carbonyl (C=O) groups is 1. The van der Waals surface area contributed by atoms with Gasteiger partial charge in [0.05, 0.1) is 10.9 Å². The molecule has 1 amide bonds. The fourth-order valence-corrected chi connectivity index (χ4v) is 4.19. The van der Waals surface area contributed by atoms with E-state index in [9.17, 15) is 4.79 Å². The summed E-state index contributed by atoms with van der Waals surface area (Å²) in [5.74, 6) is 0.243.